The topological polar surface area (TPSA) is 69.9 Å². The molecule has 298 valence electrons. The van der Waals surface area contributed by atoms with Crippen LogP contribution in [0.2, 0.25) is 0 Å². The lowest BCUT2D eigenvalue weighted by molar-refractivity contribution is 0.669. The van der Waals surface area contributed by atoms with Crippen LogP contribution in [0.25, 0.3) is 137 Å². The van der Waals surface area contributed by atoms with Gasteiger partial charge in [-0.25, -0.2) is 15.0 Å². The molecule has 0 aliphatic rings. The Balaban J connectivity index is 1.06. The number of benzene rings is 9. The fraction of sp³-hybridized carbons (Fsp3) is 0. The van der Waals surface area contributed by atoms with E-state index in [0.29, 0.717) is 17.5 Å². The Hall–Kier alpha value is -8.39. The van der Waals surface area contributed by atoms with E-state index in [4.69, 9.17) is 23.8 Å². The van der Waals surface area contributed by atoms with E-state index in [1.54, 1.807) is 0 Å². The average molecular weight is 837 g/mol. The Labute approximate surface area is 368 Å². The molecule has 7 heteroatoms. The average Bonchev–Trinajstić information content (AvgIpc) is 4.13. The molecule has 6 nitrogen and oxygen atoms in total. The van der Waals surface area contributed by atoms with E-state index >= 15 is 0 Å². The van der Waals surface area contributed by atoms with Crippen molar-refractivity contribution in [1.82, 2.24) is 19.5 Å². The Bertz CT molecular complexity index is 4080. The molecule has 5 aromatic heterocycles. The molecule has 0 atom stereocenters. The van der Waals surface area contributed by atoms with E-state index in [9.17, 15) is 0 Å². The van der Waals surface area contributed by atoms with Crippen LogP contribution in [0.3, 0.4) is 0 Å². The largest absolute Gasteiger partial charge is 0.455 e. The van der Waals surface area contributed by atoms with Gasteiger partial charge in [0.2, 0.25) is 0 Å². The van der Waals surface area contributed by atoms with Gasteiger partial charge in [0.15, 0.2) is 17.5 Å². The third-order valence-electron chi connectivity index (χ3n) is 12.6. The first-order valence-corrected chi connectivity index (χ1v) is 22.2. The molecule has 0 saturated heterocycles. The van der Waals surface area contributed by atoms with Gasteiger partial charge in [-0.2, -0.15) is 0 Å². The zero-order valence-corrected chi connectivity index (χ0v) is 34.8. The van der Waals surface area contributed by atoms with Crippen molar-refractivity contribution >= 4 is 97.2 Å². The molecule has 0 aliphatic heterocycles. The quantitative estimate of drug-likeness (QED) is 0.173. The van der Waals surface area contributed by atoms with Crippen molar-refractivity contribution in [2.24, 2.45) is 0 Å². The second kappa shape index (κ2) is 13.6. The smallest absolute Gasteiger partial charge is 0.167 e. The summed E-state index contributed by atoms with van der Waals surface area (Å²) in [6.07, 6.45) is 0. The molecular formula is C57H32N4O2S. The monoisotopic (exact) mass is 836 g/mol. The summed E-state index contributed by atoms with van der Waals surface area (Å²) in [5.74, 6) is 1.55. The molecule has 0 amide bonds. The van der Waals surface area contributed by atoms with Crippen molar-refractivity contribution < 1.29 is 8.83 Å². The van der Waals surface area contributed by atoms with Gasteiger partial charge in [0.25, 0.3) is 0 Å². The molecule has 0 spiro atoms. The van der Waals surface area contributed by atoms with Crippen molar-refractivity contribution in [3.63, 3.8) is 0 Å². The molecule has 14 aromatic rings. The predicted molar refractivity (Wildman–Crippen MR) is 263 cm³/mol. The summed E-state index contributed by atoms with van der Waals surface area (Å²) < 4.78 is 18.2. The van der Waals surface area contributed by atoms with E-state index in [1.165, 1.54) is 30.9 Å². The van der Waals surface area contributed by atoms with Crippen LogP contribution in [-0.2, 0) is 0 Å². The number of para-hydroxylation sites is 5. The van der Waals surface area contributed by atoms with Crippen LogP contribution < -0.4 is 0 Å². The van der Waals surface area contributed by atoms with Crippen molar-refractivity contribution in [2.45, 2.75) is 0 Å². The van der Waals surface area contributed by atoms with Crippen LogP contribution in [0.5, 0.6) is 0 Å². The van der Waals surface area contributed by atoms with Crippen molar-refractivity contribution in [3.05, 3.63) is 194 Å². The normalized spacial score (nSPS) is 12.1. The Kier molecular flexibility index (Phi) is 7.46. The first kappa shape index (κ1) is 35.2. The number of hydrogen-bond donors (Lipinski definition) is 0. The van der Waals surface area contributed by atoms with E-state index in [-0.39, 0.29) is 0 Å². The summed E-state index contributed by atoms with van der Waals surface area (Å²) >= 11 is 1.86. The second-order valence-electron chi connectivity index (χ2n) is 16.3. The summed E-state index contributed by atoms with van der Waals surface area (Å²) in [4.78, 5) is 16.0. The summed E-state index contributed by atoms with van der Waals surface area (Å²) in [5.41, 5.74) is 10.9. The maximum atomic E-state index is 6.59. The van der Waals surface area contributed by atoms with Gasteiger partial charge in [-0.05, 0) is 71.8 Å². The molecule has 9 aromatic carbocycles. The predicted octanol–water partition coefficient (Wildman–Crippen LogP) is 15.8. The molecule has 5 heterocycles. The summed E-state index contributed by atoms with van der Waals surface area (Å²) in [7, 11) is 0. The molecule has 0 radical (unpaired) electrons. The van der Waals surface area contributed by atoms with Crippen LogP contribution in [0, 0.1) is 0 Å². The molecule has 0 aliphatic carbocycles. The van der Waals surface area contributed by atoms with Crippen LogP contribution in [0.1, 0.15) is 0 Å². The van der Waals surface area contributed by atoms with Gasteiger partial charge in [0, 0.05) is 63.7 Å². The highest BCUT2D eigenvalue weighted by Crippen LogP contribution is 2.45. The summed E-state index contributed by atoms with van der Waals surface area (Å²) in [6.45, 7) is 0. The van der Waals surface area contributed by atoms with E-state index in [0.717, 1.165) is 88.4 Å². The zero-order valence-electron chi connectivity index (χ0n) is 34.0. The molecule has 0 saturated carbocycles. The summed E-state index contributed by atoms with van der Waals surface area (Å²) in [5, 5.41) is 9.12. The number of rotatable bonds is 5. The Morgan fingerprint density at radius 3 is 1.64 bits per heavy atom. The van der Waals surface area contributed by atoms with Crippen LogP contribution in [0.4, 0.5) is 0 Å². The minimum atomic E-state index is 0.508. The van der Waals surface area contributed by atoms with Gasteiger partial charge in [-0.3, -0.25) is 0 Å². The molecule has 0 N–H and O–H groups in total. The number of aromatic nitrogens is 4. The van der Waals surface area contributed by atoms with Crippen LogP contribution in [0.15, 0.2) is 203 Å². The van der Waals surface area contributed by atoms with Crippen molar-refractivity contribution in [1.29, 1.82) is 0 Å². The van der Waals surface area contributed by atoms with Gasteiger partial charge in [0.05, 0.1) is 22.2 Å². The standard InChI is InChI=1S/C57H32N4O2S/c1-2-14-33(15-3-1)34-30-35(32-36(31-34)61-46-24-8-4-19-43(46)51-47(61)29-28-42-39-18-7-11-27-50(39)64-54(42)51)55-58-56(44-22-12-20-40-37-16-5-9-25-48(37)62-52(40)44)60-57(59-55)45-23-13-21-41-38-17-6-10-26-49(38)63-53(41)45/h1-32H. The van der Waals surface area contributed by atoms with Crippen LogP contribution in [-0.4, -0.2) is 19.5 Å². The van der Waals surface area contributed by atoms with E-state index < -0.39 is 0 Å². The Morgan fingerprint density at radius 1 is 0.375 bits per heavy atom. The van der Waals surface area contributed by atoms with E-state index in [1.807, 2.05) is 72.0 Å². The maximum absolute atomic E-state index is 6.59. The lowest BCUT2D eigenvalue weighted by atomic mass is 10.0. The highest BCUT2D eigenvalue weighted by atomic mass is 32.1. The SMILES string of the molecule is c1ccc(-c2cc(-c3nc(-c4cccc5c4oc4ccccc45)nc(-c4cccc5c4oc4ccccc45)n3)cc(-n3c4ccccc4c4c5sc6ccccc6c5ccc43)c2)cc1. The second-order valence-corrected chi connectivity index (χ2v) is 17.3. The first-order chi connectivity index (χ1) is 31.7. The van der Waals surface area contributed by atoms with Gasteiger partial charge in [-0.1, -0.05) is 133 Å². The van der Waals surface area contributed by atoms with Gasteiger partial charge < -0.3 is 13.4 Å². The van der Waals surface area contributed by atoms with Gasteiger partial charge >= 0.3 is 0 Å². The van der Waals surface area contributed by atoms with Gasteiger partial charge in [0.1, 0.15) is 22.3 Å². The lowest BCUT2D eigenvalue weighted by Crippen LogP contribution is -2.02. The first-order valence-electron chi connectivity index (χ1n) is 21.3. The third-order valence-corrected chi connectivity index (χ3v) is 13.9. The summed E-state index contributed by atoms with van der Waals surface area (Å²) in [6, 6.07) is 67.9. The molecular weight excluding hydrogens is 805 g/mol. The number of thiophene rings is 1. The number of furan rings is 2. The number of hydrogen-bond acceptors (Lipinski definition) is 6. The molecule has 0 fully saturated rings. The lowest BCUT2D eigenvalue weighted by Gasteiger charge is -2.14. The highest BCUT2D eigenvalue weighted by molar-refractivity contribution is 7.26. The minimum Gasteiger partial charge on any atom is -0.455 e. The Morgan fingerprint density at radius 2 is 0.938 bits per heavy atom. The highest BCUT2D eigenvalue weighted by Gasteiger charge is 2.23. The fourth-order valence-corrected chi connectivity index (χ4v) is 11.0. The third kappa shape index (κ3) is 5.22. The zero-order chi connectivity index (χ0) is 41.9. The van der Waals surface area contributed by atoms with Crippen molar-refractivity contribution in [2.75, 3.05) is 0 Å². The number of fused-ring (bicyclic) bond motifs is 13. The fourth-order valence-electron chi connectivity index (χ4n) is 9.77. The van der Waals surface area contributed by atoms with Gasteiger partial charge in [-0.15, -0.1) is 11.3 Å². The molecule has 14 rings (SSSR count). The van der Waals surface area contributed by atoms with Crippen molar-refractivity contribution in [3.8, 4) is 51.0 Å². The maximum Gasteiger partial charge on any atom is 0.167 e. The molecule has 0 bridgehead atoms. The molecule has 64 heavy (non-hydrogen) atoms. The van der Waals surface area contributed by atoms with E-state index in [2.05, 4.69) is 138 Å². The molecule has 0 unspecified atom stereocenters. The van der Waals surface area contributed by atoms with Crippen LogP contribution >= 0.6 is 11.3 Å². The minimum absolute atomic E-state index is 0.508. The number of nitrogens with zero attached hydrogens (tertiary/aromatic N) is 4.